The molecule has 1 aromatic heterocycles. The molecule has 3 aromatic rings. The Hall–Kier alpha value is -3.12. The van der Waals surface area contributed by atoms with Crippen LogP contribution in [0, 0.1) is 0 Å². The summed E-state index contributed by atoms with van der Waals surface area (Å²) in [5, 5.41) is 7.85. The van der Waals surface area contributed by atoms with Crippen molar-refractivity contribution in [2.45, 2.75) is 0 Å². The van der Waals surface area contributed by atoms with Crippen LogP contribution in [0.1, 0.15) is 10.5 Å². The Morgan fingerprint density at radius 1 is 1.19 bits per heavy atom. The maximum absolute atomic E-state index is 12.7. The van der Waals surface area contributed by atoms with Gasteiger partial charge in [-0.05, 0) is 29.7 Å². The first kappa shape index (κ1) is 17.3. The van der Waals surface area contributed by atoms with Gasteiger partial charge in [0.25, 0.3) is 5.91 Å². The second kappa shape index (κ2) is 7.25. The number of fused-ring (bicyclic) bond motifs is 1. The van der Waals surface area contributed by atoms with E-state index in [1.165, 1.54) is 0 Å². The number of benzene rings is 2. The number of pyridine rings is 1. The number of carbonyl (C=O) groups is 2. The van der Waals surface area contributed by atoms with Crippen molar-refractivity contribution in [2.24, 2.45) is 0 Å². The van der Waals surface area contributed by atoms with Crippen LogP contribution in [0.5, 0.6) is 0 Å². The summed E-state index contributed by atoms with van der Waals surface area (Å²) in [5.74, 6) is -0.329. The van der Waals surface area contributed by atoms with E-state index in [4.69, 9.17) is 11.6 Å². The van der Waals surface area contributed by atoms with Crippen molar-refractivity contribution in [3.8, 4) is 0 Å². The minimum Gasteiger partial charge on any atom is -0.359 e. The van der Waals surface area contributed by atoms with E-state index in [-0.39, 0.29) is 18.4 Å². The van der Waals surface area contributed by atoms with E-state index in [0.29, 0.717) is 29.5 Å². The molecular formula is C20H17ClN4O2. The van der Waals surface area contributed by atoms with Crippen LogP contribution in [0.15, 0.2) is 54.7 Å². The molecule has 0 spiro atoms. The molecule has 7 heteroatoms. The van der Waals surface area contributed by atoms with Crippen molar-refractivity contribution >= 4 is 45.6 Å². The van der Waals surface area contributed by atoms with Gasteiger partial charge >= 0.3 is 0 Å². The number of halogens is 1. The second-order valence-corrected chi connectivity index (χ2v) is 6.68. The molecule has 2 amide bonds. The van der Waals surface area contributed by atoms with Gasteiger partial charge in [-0.15, -0.1) is 0 Å². The summed E-state index contributed by atoms with van der Waals surface area (Å²) in [7, 11) is 0. The number of anilines is 2. The van der Waals surface area contributed by atoms with Crippen LogP contribution in [-0.2, 0) is 4.79 Å². The predicted molar refractivity (Wildman–Crippen MR) is 106 cm³/mol. The van der Waals surface area contributed by atoms with Crippen molar-refractivity contribution in [1.82, 2.24) is 10.3 Å². The maximum Gasteiger partial charge on any atom is 0.274 e. The highest BCUT2D eigenvalue weighted by molar-refractivity contribution is 6.33. The molecular weight excluding hydrogens is 364 g/mol. The number of amides is 2. The number of hydrogen-bond donors (Lipinski definition) is 2. The second-order valence-electron chi connectivity index (χ2n) is 6.27. The standard InChI is InChI=1S/C20H17ClN4O2/c21-16-11-14(5-6-17(16)25-10-9-22-18(26)12-25)24-20(27)19-15-4-2-1-3-13(15)7-8-23-19/h1-8,11H,9-10,12H2,(H,22,26)(H,24,27). The first-order valence-electron chi connectivity index (χ1n) is 8.58. The Labute approximate surface area is 161 Å². The van der Waals surface area contributed by atoms with Crippen LogP contribution in [0.4, 0.5) is 11.4 Å². The molecule has 0 radical (unpaired) electrons. The Kier molecular flexibility index (Phi) is 4.64. The van der Waals surface area contributed by atoms with E-state index in [1.54, 1.807) is 18.3 Å². The lowest BCUT2D eigenvalue weighted by Gasteiger charge is -2.29. The average molecular weight is 381 g/mol. The number of nitrogens with zero attached hydrogens (tertiary/aromatic N) is 2. The van der Waals surface area contributed by atoms with Crippen molar-refractivity contribution in [1.29, 1.82) is 0 Å². The smallest absolute Gasteiger partial charge is 0.274 e. The Morgan fingerprint density at radius 3 is 2.85 bits per heavy atom. The zero-order valence-electron chi connectivity index (χ0n) is 14.4. The number of rotatable bonds is 3. The topological polar surface area (TPSA) is 74.3 Å². The van der Waals surface area contributed by atoms with Crippen LogP contribution >= 0.6 is 11.6 Å². The zero-order chi connectivity index (χ0) is 18.8. The highest BCUT2D eigenvalue weighted by Gasteiger charge is 2.19. The van der Waals surface area contributed by atoms with E-state index >= 15 is 0 Å². The molecule has 2 aromatic carbocycles. The van der Waals surface area contributed by atoms with Crippen molar-refractivity contribution < 1.29 is 9.59 Å². The molecule has 1 aliphatic heterocycles. The summed E-state index contributed by atoms with van der Waals surface area (Å²) in [5.41, 5.74) is 1.71. The minimum atomic E-state index is -0.298. The molecule has 0 saturated carbocycles. The van der Waals surface area contributed by atoms with Crippen LogP contribution in [0.2, 0.25) is 5.02 Å². The quantitative estimate of drug-likeness (QED) is 0.732. The van der Waals surface area contributed by atoms with Crippen molar-refractivity contribution in [3.05, 3.63) is 65.4 Å². The van der Waals surface area contributed by atoms with Gasteiger partial charge < -0.3 is 15.5 Å². The number of piperazine rings is 1. The Bertz CT molecular complexity index is 1030. The van der Waals surface area contributed by atoms with Gasteiger partial charge in [-0.25, -0.2) is 0 Å². The number of carbonyl (C=O) groups excluding carboxylic acids is 2. The van der Waals surface area contributed by atoms with Crippen LogP contribution < -0.4 is 15.5 Å². The molecule has 136 valence electrons. The van der Waals surface area contributed by atoms with E-state index in [0.717, 1.165) is 16.5 Å². The third-order valence-electron chi connectivity index (χ3n) is 4.47. The highest BCUT2D eigenvalue weighted by atomic mass is 35.5. The fraction of sp³-hybridized carbons (Fsp3) is 0.150. The average Bonchev–Trinajstić information content (AvgIpc) is 2.67. The van der Waals surface area contributed by atoms with Gasteiger partial charge in [0.15, 0.2) is 0 Å². The van der Waals surface area contributed by atoms with Gasteiger partial charge in [0.05, 0.1) is 17.3 Å². The van der Waals surface area contributed by atoms with Crippen LogP contribution in [0.3, 0.4) is 0 Å². The third kappa shape index (κ3) is 3.57. The molecule has 0 bridgehead atoms. The minimum absolute atomic E-state index is 0.0308. The summed E-state index contributed by atoms with van der Waals surface area (Å²) in [4.78, 5) is 30.4. The number of aromatic nitrogens is 1. The molecule has 2 heterocycles. The predicted octanol–water partition coefficient (Wildman–Crippen LogP) is 3.08. The maximum atomic E-state index is 12.7. The lowest BCUT2D eigenvalue weighted by Crippen LogP contribution is -2.47. The van der Waals surface area contributed by atoms with E-state index in [2.05, 4.69) is 15.6 Å². The summed E-state index contributed by atoms with van der Waals surface area (Å²) in [6.45, 7) is 1.54. The van der Waals surface area contributed by atoms with Crippen LogP contribution in [0.25, 0.3) is 10.8 Å². The molecule has 0 atom stereocenters. The normalized spacial score (nSPS) is 14.1. The first-order chi connectivity index (χ1) is 13.1. The highest BCUT2D eigenvalue weighted by Crippen LogP contribution is 2.29. The van der Waals surface area contributed by atoms with Crippen molar-refractivity contribution in [2.75, 3.05) is 29.9 Å². The fourth-order valence-electron chi connectivity index (χ4n) is 3.18. The zero-order valence-corrected chi connectivity index (χ0v) is 15.2. The van der Waals surface area contributed by atoms with Gasteiger partial charge in [-0.2, -0.15) is 0 Å². The molecule has 4 rings (SSSR count). The molecule has 27 heavy (non-hydrogen) atoms. The Morgan fingerprint density at radius 2 is 2.04 bits per heavy atom. The number of nitrogens with one attached hydrogen (secondary N) is 2. The largest absolute Gasteiger partial charge is 0.359 e. The fourth-order valence-corrected chi connectivity index (χ4v) is 3.48. The molecule has 1 fully saturated rings. The SMILES string of the molecule is O=C1CN(c2ccc(NC(=O)c3nccc4ccccc34)cc2Cl)CCN1. The van der Waals surface area contributed by atoms with E-state index < -0.39 is 0 Å². The molecule has 2 N–H and O–H groups in total. The molecule has 0 aliphatic carbocycles. The van der Waals surface area contributed by atoms with Gasteiger partial charge in [0.2, 0.25) is 5.91 Å². The van der Waals surface area contributed by atoms with Crippen LogP contribution in [-0.4, -0.2) is 36.4 Å². The molecule has 1 aliphatic rings. The monoisotopic (exact) mass is 380 g/mol. The van der Waals surface area contributed by atoms with E-state index in [9.17, 15) is 9.59 Å². The number of hydrogen-bond acceptors (Lipinski definition) is 4. The van der Waals surface area contributed by atoms with Gasteiger partial charge in [0.1, 0.15) is 5.69 Å². The third-order valence-corrected chi connectivity index (χ3v) is 4.78. The molecule has 0 unspecified atom stereocenters. The van der Waals surface area contributed by atoms with Gasteiger partial charge in [0, 0.05) is 30.4 Å². The van der Waals surface area contributed by atoms with Crippen molar-refractivity contribution in [3.63, 3.8) is 0 Å². The molecule has 1 saturated heterocycles. The summed E-state index contributed by atoms with van der Waals surface area (Å²) >= 11 is 6.39. The molecule has 6 nitrogen and oxygen atoms in total. The Balaban J connectivity index is 1.56. The lowest BCUT2D eigenvalue weighted by atomic mass is 10.1. The summed E-state index contributed by atoms with van der Waals surface area (Å²) in [6, 6.07) is 14.7. The van der Waals surface area contributed by atoms with Gasteiger partial charge in [-0.3, -0.25) is 14.6 Å². The first-order valence-corrected chi connectivity index (χ1v) is 8.96. The summed E-state index contributed by atoms with van der Waals surface area (Å²) < 4.78 is 0. The lowest BCUT2D eigenvalue weighted by molar-refractivity contribution is -0.120. The summed E-state index contributed by atoms with van der Waals surface area (Å²) in [6.07, 6.45) is 1.62. The van der Waals surface area contributed by atoms with Gasteiger partial charge in [-0.1, -0.05) is 35.9 Å². The van der Waals surface area contributed by atoms with E-state index in [1.807, 2.05) is 41.3 Å².